The number of ether oxygens (including phenoxy) is 2. The van der Waals surface area contributed by atoms with Crippen molar-refractivity contribution in [3.05, 3.63) is 7.11 Å². The zero-order valence-corrected chi connectivity index (χ0v) is 6.06. The van der Waals surface area contributed by atoms with Crippen LogP contribution in [0.4, 0.5) is 0 Å². The van der Waals surface area contributed by atoms with Gasteiger partial charge < -0.3 is 9.47 Å². The Bertz CT molecular complexity index is 40.2. The van der Waals surface area contributed by atoms with Crippen LogP contribution in [-0.2, 0) is 9.47 Å². The lowest BCUT2D eigenvalue weighted by atomic mass is 10.2. The van der Waals surface area contributed by atoms with E-state index in [-0.39, 0.29) is 0 Å². The van der Waals surface area contributed by atoms with Gasteiger partial charge in [-0.2, -0.15) is 0 Å². The molecular weight excluding hydrogens is 116 g/mol. The molecular formula is C7H15O2. The van der Waals surface area contributed by atoms with E-state index in [1.54, 1.807) is 7.11 Å². The monoisotopic (exact) mass is 131 g/mol. The first kappa shape index (κ1) is 8.92. The Kier molecular flexibility index (Phi) is 7.85. The average molecular weight is 131 g/mol. The van der Waals surface area contributed by atoms with Crippen LogP contribution in [0.1, 0.15) is 19.3 Å². The Balaban J connectivity index is 2.60. The zero-order valence-electron chi connectivity index (χ0n) is 6.06. The minimum absolute atomic E-state index is 0.768. The van der Waals surface area contributed by atoms with Crippen LogP contribution in [0.5, 0.6) is 0 Å². The molecule has 0 heterocycles. The van der Waals surface area contributed by atoms with Gasteiger partial charge in [0.1, 0.15) is 0 Å². The molecule has 1 radical (unpaired) electrons. The third kappa shape index (κ3) is 7.92. The predicted octanol–water partition coefficient (Wildman–Crippen LogP) is 1.61. The second-order valence-corrected chi connectivity index (χ2v) is 1.96. The number of hydrogen-bond acceptors (Lipinski definition) is 2. The Morgan fingerprint density at radius 3 is 2.33 bits per heavy atom. The van der Waals surface area contributed by atoms with Gasteiger partial charge in [0.05, 0.1) is 7.11 Å². The molecule has 9 heavy (non-hydrogen) atoms. The lowest BCUT2D eigenvalue weighted by Gasteiger charge is -1.97. The highest BCUT2D eigenvalue weighted by atomic mass is 16.5. The molecule has 0 bridgehead atoms. The van der Waals surface area contributed by atoms with Gasteiger partial charge in [0.25, 0.3) is 0 Å². The van der Waals surface area contributed by atoms with E-state index in [2.05, 4.69) is 11.8 Å². The largest absolute Gasteiger partial charge is 0.385 e. The fourth-order valence-corrected chi connectivity index (χ4v) is 0.627. The van der Waals surface area contributed by atoms with Crippen molar-refractivity contribution in [2.75, 3.05) is 20.3 Å². The molecule has 0 unspecified atom stereocenters. The fraction of sp³-hybridized carbons (Fsp3) is 0.857. The van der Waals surface area contributed by atoms with Gasteiger partial charge in [-0.15, -0.1) is 0 Å². The van der Waals surface area contributed by atoms with E-state index in [0.29, 0.717) is 0 Å². The van der Waals surface area contributed by atoms with Crippen molar-refractivity contribution in [2.45, 2.75) is 19.3 Å². The van der Waals surface area contributed by atoms with Gasteiger partial charge in [0.15, 0.2) is 0 Å². The van der Waals surface area contributed by atoms with Crippen LogP contribution in [0, 0.1) is 7.11 Å². The molecule has 0 fully saturated rings. The third-order valence-electron chi connectivity index (χ3n) is 1.14. The van der Waals surface area contributed by atoms with Crippen molar-refractivity contribution in [3.63, 3.8) is 0 Å². The van der Waals surface area contributed by atoms with E-state index < -0.39 is 0 Å². The number of hydrogen-bond donors (Lipinski definition) is 0. The highest BCUT2D eigenvalue weighted by molar-refractivity contribution is 4.38. The maximum absolute atomic E-state index is 4.87. The van der Waals surface area contributed by atoms with Gasteiger partial charge in [-0.1, -0.05) is 0 Å². The second-order valence-electron chi connectivity index (χ2n) is 1.96. The molecule has 0 aliphatic rings. The average Bonchev–Trinajstić information content (AvgIpc) is 1.89. The lowest BCUT2D eigenvalue weighted by molar-refractivity contribution is 0.184. The second kappa shape index (κ2) is 7.92. The summed E-state index contributed by atoms with van der Waals surface area (Å²) in [5.41, 5.74) is 0. The fourth-order valence-electron chi connectivity index (χ4n) is 0.627. The molecule has 0 N–H and O–H groups in total. The van der Waals surface area contributed by atoms with E-state index >= 15 is 0 Å². The van der Waals surface area contributed by atoms with Crippen molar-refractivity contribution >= 4 is 0 Å². The molecule has 0 saturated carbocycles. The highest BCUT2D eigenvalue weighted by Crippen LogP contribution is 1.94. The minimum Gasteiger partial charge on any atom is -0.385 e. The predicted molar refractivity (Wildman–Crippen MR) is 37.0 cm³/mol. The Hall–Kier alpha value is -0.0800. The Morgan fingerprint density at radius 1 is 1.11 bits per heavy atom. The molecule has 0 spiro atoms. The lowest BCUT2D eigenvalue weighted by Crippen LogP contribution is -1.91. The minimum atomic E-state index is 0.768. The van der Waals surface area contributed by atoms with Gasteiger partial charge in [-0.25, -0.2) is 0 Å². The van der Waals surface area contributed by atoms with E-state index in [1.165, 1.54) is 6.42 Å². The quantitative estimate of drug-likeness (QED) is 0.510. The summed E-state index contributed by atoms with van der Waals surface area (Å²) in [4.78, 5) is 0. The molecule has 0 aliphatic heterocycles. The molecule has 0 rings (SSSR count). The van der Waals surface area contributed by atoms with Crippen molar-refractivity contribution in [1.82, 2.24) is 0 Å². The van der Waals surface area contributed by atoms with Crippen LogP contribution < -0.4 is 0 Å². The molecule has 0 aliphatic carbocycles. The molecule has 2 heteroatoms. The van der Waals surface area contributed by atoms with Gasteiger partial charge in [-0.05, 0) is 19.3 Å². The summed E-state index contributed by atoms with van der Waals surface area (Å²) in [6, 6.07) is 0. The van der Waals surface area contributed by atoms with Crippen molar-refractivity contribution in [3.8, 4) is 0 Å². The van der Waals surface area contributed by atoms with E-state index in [4.69, 9.17) is 4.74 Å². The van der Waals surface area contributed by atoms with E-state index in [0.717, 1.165) is 26.1 Å². The summed E-state index contributed by atoms with van der Waals surface area (Å²) in [6.07, 6.45) is 3.38. The van der Waals surface area contributed by atoms with Crippen molar-refractivity contribution in [1.29, 1.82) is 0 Å². The summed E-state index contributed by atoms with van der Waals surface area (Å²) in [6.45, 7) is 1.63. The Morgan fingerprint density at radius 2 is 1.78 bits per heavy atom. The van der Waals surface area contributed by atoms with Crippen LogP contribution in [0.25, 0.3) is 0 Å². The summed E-state index contributed by atoms with van der Waals surface area (Å²) < 4.78 is 9.50. The number of unbranched alkanes of at least 4 members (excludes halogenated alkanes) is 2. The molecule has 2 nitrogen and oxygen atoms in total. The van der Waals surface area contributed by atoms with E-state index in [1.807, 2.05) is 0 Å². The maximum Gasteiger partial charge on any atom is 0.0700 e. The zero-order chi connectivity index (χ0) is 6.95. The van der Waals surface area contributed by atoms with Crippen LogP contribution in [0.3, 0.4) is 0 Å². The third-order valence-corrected chi connectivity index (χ3v) is 1.14. The van der Waals surface area contributed by atoms with E-state index in [9.17, 15) is 0 Å². The molecule has 0 aromatic rings. The highest BCUT2D eigenvalue weighted by Gasteiger charge is 1.86. The number of rotatable bonds is 6. The van der Waals surface area contributed by atoms with Crippen LogP contribution in [0.15, 0.2) is 0 Å². The molecule has 55 valence electrons. The SMILES string of the molecule is [CH2]OCCCCCOC. The standard InChI is InChI=1S/C7H15O2/c1-8-6-4-3-5-7-9-2/h1,3-7H2,2H3. The summed E-state index contributed by atoms with van der Waals surface area (Å²) in [5, 5.41) is 0. The summed E-state index contributed by atoms with van der Waals surface area (Å²) in [7, 11) is 4.99. The van der Waals surface area contributed by atoms with Crippen LogP contribution >= 0.6 is 0 Å². The van der Waals surface area contributed by atoms with Gasteiger partial charge >= 0.3 is 0 Å². The smallest absolute Gasteiger partial charge is 0.0700 e. The first-order valence-electron chi connectivity index (χ1n) is 3.27. The molecule has 0 aromatic heterocycles. The maximum atomic E-state index is 4.87. The summed E-state index contributed by atoms with van der Waals surface area (Å²) in [5.74, 6) is 0. The van der Waals surface area contributed by atoms with Gasteiger partial charge in [0, 0.05) is 20.3 Å². The molecule has 0 saturated heterocycles. The van der Waals surface area contributed by atoms with Crippen molar-refractivity contribution < 1.29 is 9.47 Å². The molecule has 0 atom stereocenters. The number of methoxy groups -OCH3 is 1. The van der Waals surface area contributed by atoms with Crippen molar-refractivity contribution in [2.24, 2.45) is 0 Å². The summed E-state index contributed by atoms with van der Waals surface area (Å²) >= 11 is 0. The Labute approximate surface area is 57.2 Å². The normalized spacial score (nSPS) is 10.0. The molecule has 0 aromatic carbocycles. The molecule has 0 amide bonds. The van der Waals surface area contributed by atoms with Gasteiger partial charge in [0.2, 0.25) is 0 Å². The van der Waals surface area contributed by atoms with Crippen LogP contribution in [0.2, 0.25) is 0 Å². The topological polar surface area (TPSA) is 18.5 Å². The van der Waals surface area contributed by atoms with Gasteiger partial charge in [-0.3, -0.25) is 0 Å². The first-order valence-corrected chi connectivity index (χ1v) is 3.27. The first-order chi connectivity index (χ1) is 4.41. The van der Waals surface area contributed by atoms with Crippen LogP contribution in [-0.4, -0.2) is 20.3 Å².